The van der Waals surface area contributed by atoms with Gasteiger partial charge < -0.3 is 15.1 Å². The molecule has 0 bridgehead atoms. The van der Waals surface area contributed by atoms with Crippen molar-refractivity contribution in [2.45, 2.75) is 0 Å². The second-order valence-corrected chi connectivity index (χ2v) is 3.53. The van der Waals surface area contributed by atoms with E-state index in [4.69, 9.17) is 10.6 Å². The summed E-state index contributed by atoms with van der Waals surface area (Å²) in [6.45, 7) is 0.846. The highest BCUT2D eigenvalue weighted by Gasteiger charge is 2.17. The van der Waals surface area contributed by atoms with E-state index < -0.39 is 5.82 Å². The fourth-order valence-electron chi connectivity index (χ4n) is 1.38. The second-order valence-electron chi connectivity index (χ2n) is 3.53. The third-order valence-electron chi connectivity index (χ3n) is 2.37. The van der Waals surface area contributed by atoms with Gasteiger partial charge in [0.15, 0.2) is 0 Å². The molecule has 6 heteroatoms. The van der Waals surface area contributed by atoms with Gasteiger partial charge in [-0.25, -0.2) is 4.39 Å². The van der Waals surface area contributed by atoms with Crippen molar-refractivity contribution in [2.75, 3.05) is 32.7 Å². The maximum absolute atomic E-state index is 13.4. The molecule has 0 aliphatic heterocycles. The van der Waals surface area contributed by atoms with Crippen LogP contribution in [0.2, 0.25) is 0 Å². The predicted molar refractivity (Wildman–Crippen MR) is 63.0 cm³/mol. The van der Waals surface area contributed by atoms with Crippen LogP contribution in [0.1, 0.15) is 10.4 Å². The number of para-hydroxylation sites is 1. The van der Waals surface area contributed by atoms with E-state index in [0.717, 1.165) is 0 Å². The number of methoxy groups -OCH3 is 1. The van der Waals surface area contributed by atoms with Crippen LogP contribution in [-0.2, 0) is 4.74 Å². The number of rotatable bonds is 5. The van der Waals surface area contributed by atoms with Crippen LogP contribution in [0, 0.1) is 5.82 Å². The highest BCUT2D eigenvalue weighted by atomic mass is 19.1. The number of likely N-dealkylation sites (N-methyl/N-ethyl adjacent to an activating group) is 1. The second kappa shape index (κ2) is 6.17. The summed E-state index contributed by atoms with van der Waals surface area (Å²) in [7, 11) is 3.17. The van der Waals surface area contributed by atoms with Gasteiger partial charge in [-0.05, 0) is 12.1 Å². The first-order valence-corrected chi connectivity index (χ1v) is 5.11. The summed E-state index contributed by atoms with van der Waals surface area (Å²) >= 11 is 0. The van der Waals surface area contributed by atoms with Gasteiger partial charge in [0.1, 0.15) is 5.82 Å². The summed E-state index contributed by atoms with van der Waals surface area (Å²) in [5.41, 5.74) is 2.40. The molecule has 1 rings (SSSR count). The van der Waals surface area contributed by atoms with E-state index in [-0.39, 0.29) is 17.2 Å². The molecule has 0 saturated heterocycles. The Morgan fingerprint density at radius 2 is 2.29 bits per heavy atom. The average molecular weight is 241 g/mol. The summed E-state index contributed by atoms with van der Waals surface area (Å²) < 4.78 is 18.3. The molecule has 17 heavy (non-hydrogen) atoms. The number of halogens is 1. The van der Waals surface area contributed by atoms with Crippen molar-refractivity contribution >= 4 is 11.6 Å². The van der Waals surface area contributed by atoms with Crippen LogP contribution in [-0.4, -0.2) is 38.1 Å². The monoisotopic (exact) mass is 241 g/mol. The molecule has 0 spiro atoms. The zero-order valence-electron chi connectivity index (χ0n) is 9.87. The summed E-state index contributed by atoms with van der Waals surface area (Å²) in [4.78, 5) is 13.4. The Morgan fingerprint density at radius 3 is 2.88 bits per heavy atom. The van der Waals surface area contributed by atoms with Crippen molar-refractivity contribution in [3.05, 3.63) is 29.6 Å². The number of hydrogen-bond acceptors (Lipinski definition) is 4. The minimum Gasteiger partial charge on any atom is -0.383 e. The lowest BCUT2D eigenvalue weighted by atomic mass is 10.1. The van der Waals surface area contributed by atoms with E-state index in [1.807, 2.05) is 0 Å². The number of nitrogens with one attached hydrogen (secondary N) is 1. The number of nitrogens with zero attached hydrogens (tertiary/aromatic N) is 1. The summed E-state index contributed by atoms with van der Waals surface area (Å²) in [6.07, 6.45) is 0. The molecule has 0 aliphatic carbocycles. The van der Waals surface area contributed by atoms with E-state index in [0.29, 0.717) is 13.2 Å². The third kappa shape index (κ3) is 3.15. The predicted octanol–water partition coefficient (Wildman–Crippen LogP) is 0.830. The molecule has 0 fully saturated rings. The first-order valence-electron chi connectivity index (χ1n) is 5.11. The fraction of sp³-hybridized carbons (Fsp3) is 0.364. The Labute approximate surface area is 99.3 Å². The van der Waals surface area contributed by atoms with Crippen LogP contribution in [0.15, 0.2) is 18.2 Å². The number of carbonyl (C=O) groups is 1. The fourth-order valence-corrected chi connectivity index (χ4v) is 1.38. The van der Waals surface area contributed by atoms with Crippen LogP contribution in [0.3, 0.4) is 0 Å². The van der Waals surface area contributed by atoms with Crippen molar-refractivity contribution in [3.8, 4) is 0 Å². The number of amides is 1. The average Bonchev–Trinajstić information content (AvgIpc) is 2.34. The molecule has 1 aromatic rings. The van der Waals surface area contributed by atoms with Gasteiger partial charge in [-0.3, -0.25) is 10.6 Å². The topological polar surface area (TPSA) is 67.6 Å². The Hall–Kier alpha value is -1.66. The SMILES string of the molecule is COCCN(C)C(=O)c1cccc(F)c1NN. The molecule has 0 unspecified atom stereocenters. The van der Waals surface area contributed by atoms with Crippen LogP contribution >= 0.6 is 0 Å². The van der Waals surface area contributed by atoms with Crippen molar-refractivity contribution in [2.24, 2.45) is 5.84 Å². The largest absolute Gasteiger partial charge is 0.383 e. The first kappa shape index (κ1) is 13.4. The number of nitrogens with two attached hydrogens (primary N) is 1. The lowest BCUT2D eigenvalue weighted by Gasteiger charge is -2.18. The minimum absolute atomic E-state index is 0.00164. The van der Waals surface area contributed by atoms with Crippen LogP contribution in [0.5, 0.6) is 0 Å². The van der Waals surface area contributed by atoms with Gasteiger partial charge in [0.05, 0.1) is 17.9 Å². The molecule has 0 aromatic heterocycles. The molecule has 0 aliphatic rings. The summed E-state index contributed by atoms with van der Waals surface area (Å²) in [6, 6.07) is 4.22. The molecule has 1 amide bonds. The van der Waals surface area contributed by atoms with E-state index in [1.54, 1.807) is 14.2 Å². The number of hydrazine groups is 1. The zero-order valence-corrected chi connectivity index (χ0v) is 9.87. The van der Waals surface area contributed by atoms with Gasteiger partial charge in [0.25, 0.3) is 5.91 Å². The van der Waals surface area contributed by atoms with Crippen LogP contribution in [0.25, 0.3) is 0 Å². The van der Waals surface area contributed by atoms with Crippen molar-refractivity contribution in [1.82, 2.24) is 4.90 Å². The van der Waals surface area contributed by atoms with Crippen LogP contribution in [0.4, 0.5) is 10.1 Å². The zero-order chi connectivity index (χ0) is 12.8. The Balaban J connectivity index is 2.92. The Morgan fingerprint density at radius 1 is 1.59 bits per heavy atom. The number of anilines is 1. The number of hydrogen-bond donors (Lipinski definition) is 2. The number of carbonyl (C=O) groups excluding carboxylic acids is 1. The minimum atomic E-state index is -0.557. The van der Waals surface area contributed by atoms with Crippen molar-refractivity contribution in [1.29, 1.82) is 0 Å². The molecular formula is C11H16FN3O2. The molecule has 0 saturated carbocycles. The molecule has 0 radical (unpaired) electrons. The molecule has 0 atom stereocenters. The smallest absolute Gasteiger partial charge is 0.255 e. The molecule has 94 valence electrons. The van der Waals surface area contributed by atoms with Gasteiger partial charge in [-0.1, -0.05) is 6.07 Å². The number of nitrogen functional groups attached to an aromatic ring is 1. The highest BCUT2D eigenvalue weighted by molar-refractivity contribution is 5.99. The third-order valence-corrected chi connectivity index (χ3v) is 2.37. The maximum Gasteiger partial charge on any atom is 0.255 e. The van der Waals surface area contributed by atoms with E-state index >= 15 is 0 Å². The lowest BCUT2D eigenvalue weighted by molar-refractivity contribution is 0.0744. The first-order chi connectivity index (χ1) is 8.11. The van der Waals surface area contributed by atoms with Gasteiger partial charge in [-0.15, -0.1) is 0 Å². The number of ether oxygens (including phenoxy) is 1. The molecule has 1 aromatic carbocycles. The highest BCUT2D eigenvalue weighted by Crippen LogP contribution is 2.19. The number of benzene rings is 1. The van der Waals surface area contributed by atoms with Gasteiger partial charge >= 0.3 is 0 Å². The van der Waals surface area contributed by atoms with Crippen molar-refractivity contribution < 1.29 is 13.9 Å². The summed E-state index contributed by atoms with van der Waals surface area (Å²) in [5.74, 6) is 4.34. The molecule has 3 N–H and O–H groups in total. The quantitative estimate of drug-likeness (QED) is 0.592. The maximum atomic E-state index is 13.4. The van der Waals surface area contributed by atoms with Gasteiger partial charge in [-0.2, -0.15) is 0 Å². The van der Waals surface area contributed by atoms with Gasteiger partial charge in [0.2, 0.25) is 0 Å². The summed E-state index contributed by atoms with van der Waals surface area (Å²) in [5, 5.41) is 0. The van der Waals surface area contributed by atoms with E-state index in [2.05, 4.69) is 5.43 Å². The van der Waals surface area contributed by atoms with E-state index in [9.17, 15) is 9.18 Å². The molecule has 0 heterocycles. The van der Waals surface area contributed by atoms with Crippen LogP contribution < -0.4 is 11.3 Å². The normalized spacial score (nSPS) is 10.1. The lowest BCUT2D eigenvalue weighted by Crippen LogP contribution is -2.31. The van der Waals surface area contributed by atoms with Crippen molar-refractivity contribution in [3.63, 3.8) is 0 Å². The Kier molecular flexibility index (Phi) is 4.86. The van der Waals surface area contributed by atoms with E-state index in [1.165, 1.54) is 23.1 Å². The Bertz CT molecular complexity index is 398. The molecule has 5 nitrogen and oxygen atoms in total. The van der Waals surface area contributed by atoms with Gasteiger partial charge in [0, 0.05) is 20.7 Å². The standard InChI is InChI=1S/C11H16FN3O2/c1-15(6-7-17-2)11(16)8-4-3-5-9(12)10(8)14-13/h3-5,14H,6-7,13H2,1-2H3. The molecular weight excluding hydrogens is 225 g/mol.